The van der Waals surface area contributed by atoms with Crippen molar-refractivity contribution in [2.24, 2.45) is 9.98 Å². The van der Waals surface area contributed by atoms with E-state index in [0.29, 0.717) is 18.6 Å². The van der Waals surface area contributed by atoms with E-state index in [1.165, 1.54) is 43.5 Å². The SMILES string of the molecule is Clc1cc2nc(c1)CN[C@@H]1CCCCC1=NCCNC1CCCCC1=NC2. The second kappa shape index (κ2) is 9.26. The van der Waals surface area contributed by atoms with Crippen LogP contribution in [-0.2, 0) is 13.1 Å². The molecule has 6 heteroatoms. The van der Waals surface area contributed by atoms with Gasteiger partial charge in [0.15, 0.2) is 0 Å². The van der Waals surface area contributed by atoms with Crippen molar-refractivity contribution in [3.63, 3.8) is 0 Å². The summed E-state index contributed by atoms with van der Waals surface area (Å²) in [5.74, 6) is 0. The summed E-state index contributed by atoms with van der Waals surface area (Å²) in [6.45, 7) is 3.13. The van der Waals surface area contributed by atoms with Gasteiger partial charge in [0.2, 0.25) is 0 Å². The summed E-state index contributed by atoms with van der Waals surface area (Å²) in [4.78, 5) is 14.7. The van der Waals surface area contributed by atoms with Gasteiger partial charge in [-0.15, -0.1) is 0 Å². The predicted octanol–water partition coefficient (Wildman–Crippen LogP) is 3.70. The summed E-state index contributed by atoms with van der Waals surface area (Å²) in [6, 6.07) is 4.68. The number of nitrogens with one attached hydrogen (secondary N) is 2. The van der Waals surface area contributed by atoms with Crippen LogP contribution in [0.25, 0.3) is 0 Å². The van der Waals surface area contributed by atoms with Gasteiger partial charge < -0.3 is 10.6 Å². The van der Waals surface area contributed by atoms with Crippen LogP contribution in [0.15, 0.2) is 22.1 Å². The molecule has 0 radical (unpaired) electrons. The molecule has 4 rings (SSSR count). The lowest BCUT2D eigenvalue weighted by atomic mass is 9.93. The first-order valence-electron chi connectivity index (χ1n) is 10.5. The highest BCUT2D eigenvalue weighted by molar-refractivity contribution is 6.30. The molecular formula is C21H30ClN5. The molecule has 2 bridgehead atoms. The van der Waals surface area contributed by atoms with Gasteiger partial charge in [-0.05, 0) is 50.7 Å². The zero-order valence-electron chi connectivity index (χ0n) is 16.0. The minimum atomic E-state index is 0.370. The molecule has 0 saturated heterocycles. The second-order valence-electron chi connectivity index (χ2n) is 7.88. The Balaban J connectivity index is 1.59. The number of rotatable bonds is 0. The standard InChI is InChI=1S/C21H30ClN5/c22-15-11-16-13-25-20-7-3-1-5-18(20)23-9-10-24-19-6-2-4-8-21(19)26-14-17(12-15)27-16/h11-12,18,21,23,26H,1-10,13-14H2/t18?,21-/m1/s1. The fourth-order valence-corrected chi connectivity index (χ4v) is 4.69. The summed E-state index contributed by atoms with van der Waals surface area (Å²) in [7, 11) is 0. The quantitative estimate of drug-likeness (QED) is 0.713. The van der Waals surface area contributed by atoms with Gasteiger partial charge in [0.05, 0.1) is 24.5 Å². The number of hydrogen-bond acceptors (Lipinski definition) is 5. The minimum Gasteiger partial charge on any atom is -0.307 e. The maximum absolute atomic E-state index is 6.36. The maximum atomic E-state index is 6.36. The van der Waals surface area contributed by atoms with Crippen molar-refractivity contribution < 1.29 is 0 Å². The smallest absolute Gasteiger partial charge is 0.0812 e. The zero-order chi connectivity index (χ0) is 18.5. The number of pyridine rings is 1. The van der Waals surface area contributed by atoms with Gasteiger partial charge in [-0.2, -0.15) is 0 Å². The molecule has 0 spiro atoms. The van der Waals surface area contributed by atoms with Crippen molar-refractivity contribution >= 4 is 23.0 Å². The van der Waals surface area contributed by atoms with Crippen LogP contribution in [-0.4, -0.2) is 41.6 Å². The highest BCUT2D eigenvalue weighted by atomic mass is 35.5. The molecule has 2 N–H and O–H groups in total. The molecule has 2 aliphatic carbocycles. The van der Waals surface area contributed by atoms with Crippen LogP contribution in [0.2, 0.25) is 5.02 Å². The summed E-state index contributed by atoms with van der Waals surface area (Å²) in [6.07, 6.45) is 9.57. The van der Waals surface area contributed by atoms with E-state index < -0.39 is 0 Å². The monoisotopic (exact) mass is 387 g/mol. The number of aromatic nitrogens is 1. The van der Waals surface area contributed by atoms with Crippen LogP contribution >= 0.6 is 11.6 Å². The molecule has 2 atom stereocenters. The van der Waals surface area contributed by atoms with E-state index in [0.717, 1.165) is 55.3 Å². The molecule has 1 aromatic heterocycles. The number of halogens is 1. The number of aliphatic imine (C=N–C) groups is 2. The Kier molecular flexibility index (Phi) is 6.53. The minimum absolute atomic E-state index is 0.370. The third-order valence-electron chi connectivity index (χ3n) is 5.84. The zero-order valence-corrected chi connectivity index (χ0v) is 16.8. The first-order chi connectivity index (χ1) is 13.3. The lowest BCUT2D eigenvalue weighted by Gasteiger charge is -2.26. The molecule has 5 nitrogen and oxygen atoms in total. The molecule has 0 amide bonds. The number of fused-ring (bicyclic) bond motifs is 4. The molecule has 2 saturated carbocycles. The Morgan fingerprint density at radius 3 is 2.37 bits per heavy atom. The first-order valence-corrected chi connectivity index (χ1v) is 10.8. The van der Waals surface area contributed by atoms with E-state index in [-0.39, 0.29) is 0 Å². The Labute approximate surface area is 167 Å². The molecule has 3 aliphatic rings. The average molecular weight is 388 g/mol. The van der Waals surface area contributed by atoms with Crippen LogP contribution in [0, 0.1) is 0 Å². The molecule has 0 aromatic carbocycles. The van der Waals surface area contributed by atoms with E-state index in [1.807, 2.05) is 12.1 Å². The molecule has 2 heterocycles. The summed E-state index contributed by atoms with van der Waals surface area (Å²) in [5.41, 5.74) is 4.58. The van der Waals surface area contributed by atoms with Crippen molar-refractivity contribution in [1.29, 1.82) is 0 Å². The van der Waals surface area contributed by atoms with Gasteiger partial charge in [-0.25, -0.2) is 0 Å². The Hall–Kier alpha value is -1.30. The fourth-order valence-electron chi connectivity index (χ4n) is 4.44. The molecule has 27 heavy (non-hydrogen) atoms. The highest BCUT2D eigenvalue weighted by Crippen LogP contribution is 2.20. The normalized spacial score (nSPS) is 27.3. The van der Waals surface area contributed by atoms with Gasteiger partial charge in [0, 0.05) is 41.6 Å². The van der Waals surface area contributed by atoms with Gasteiger partial charge >= 0.3 is 0 Å². The molecule has 146 valence electrons. The van der Waals surface area contributed by atoms with Crippen LogP contribution in [0.3, 0.4) is 0 Å². The number of nitrogens with zero attached hydrogens (tertiary/aromatic N) is 3. The Morgan fingerprint density at radius 2 is 1.56 bits per heavy atom. The van der Waals surface area contributed by atoms with Crippen molar-refractivity contribution in [1.82, 2.24) is 15.6 Å². The van der Waals surface area contributed by atoms with Crippen LogP contribution in [0.1, 0.15) is 62.8 Å². The van der Waals surface area contributed by atoms with Crippen LogP contribution < -0.4 is 10.6 Å². The van der Waals surface area contributed by atoms with Crippen molar-refractivity contribution in [3.8, 4) is 0 Å². The van der Waals surface area contributed by atoms with Gasteiger partial charge in [0.25, 0.3) is 0 Å². The summed E-state index contributed by atoms with van der Waals surface area (Å²) in [5, 5.41) is 8.12. The molecule has 1 aromatic rings. The third kappa shape index (κ3) is 5.15. The first kappa shape index (κ1) is 19.0. The molecule has 1 unspecified atom stereocenters. The molecule has 2 fully saturated rings. The summed E-state index contributed by atoms with van der Waals surface area (Å²) >= 11 is 6.36. The van der Waals surface area contributed by atoms with Crippen molar-refractivity contribution in [3.05, 3.63) is 28.5 Å². The second-order valence-corrected chi connectivity index (χ2v) is 8.32. The lowest BCUT2D eigenvalue weighted by molar-refractivity contribution is 0.503. The van der Waals surface area contributed by atoms with Crippen molar-refractivity contribution in [2.45, 2.75) is 76.5 Å². The average Bonchev–Trinajstić information content (AvgIpc) is 2.69. The van der Waals surface area contributed by atoms with E-state index in [9.17, 15) is 0 Å². The van der Waals surface area contributed by atoms with E-state index in [2.05, 4.69) is 10.6 Å². The molecule has 1 aliphatic heterocycles. The van der Waals surface area contributed by atoms with Gasteiger partial charge in [-0.1, -0.05) is 24.4 Å². The number of hydrogen-bond donors (Lipinski definition) is 2. The molecular weight excluding hydrogens is 358 g/mol. The van der Waals surface area contributed by atoms with Gasteiger partial charge in [-0.3, -0.25) is 15.0 Å². The fraction of sp³-hybridized carbons (Fsp3) is 0.667. The maximum Gasteiger partial charge on any atom is 0.0812 e. The summed E-state index contributed by atoms with van der Waals surface area (Å²) < 4.78 is 0. The largest absolute Gasteiger partial charge is 0.307 e. The lowest BCUT2D eigenvalue weighted by Crippen LogP contribution is -2.41. The predicted molar refractivity (Wildman–Crippen MR) is 112 cm³/mol. The van der Waals surface area contributed by atoms with Crippen LogP contribution in [0.4, 0.5) is 0 Å². The topological polar surface area (TPSA) is 61.7 Å². The van der Waals surface area contributed by atoms with Crippen LogP contribution in [0.5, 0.6) is 0 Å². The third-order valence-corrected chi connectivity index (χ3v) is 6.06. The Bertz CT molecular complexity index is 715. The van der Waals surface area contributed by atoms with Gasteiger partial charge in [0.1, 0.15) is 0 Å². The van der Waals surface area contributed by atoms with Crippen molar-refractivity contribution in [2.75, 3.05) is 13.1 Å². The van der Waals surface area contributed by atoms with E-state index in [4.69, 9.17) is 26.6 Å². The highest BCUT2D eigenvalue weighted by Gasteiger charge is 2.22. The van der Waals surface area contributed by atoms with E-state index >= 15 is 0 Å². The van der Waals surface area contributed by atoms with E-state index in [1.54, 1.807) is 0 Å². The Morgan fingerprint density at radius 1 is 0.852 bits per heavy atom.